The molecule has 3 aromatic rings. The molecule has 6 heteroatoms. The number of fused-ring (bicyclic) bond motifs is 1. The summed E-state index contributed by atoms with van der Waals surface area (Å²) in [6.07, 6.45) is 4.91. The Bertz CT molecular complexity index is 871. The van der Waals surface area contributed by atoms with E-state index < -0.39 is 0 Å². The normalized spacial score (nSPS) is 16.4. The van der Waals surface area contributed by atoms with Crippen molar-refractivity contribution < 1.29 is 4.79 Å². The van der Waals surface area contributed by atoms with Crippen LogP contribution in [-0.2, 0) is 13.0 Å². The van der Waals surface area contributed by atoms with Gasteiger partial charge in [-0.1, -0.05) is 29.8 Å². The summed E-state index contributed by atoms with van der Waals surface area (Å²) in [5, 5.41) is 10.4. The van der Waals surface area contributed by atoms with Gasteiger partial charge in [-0.25, -0.2) is 0 Å². The van der Waals surface area contributed by atoms with Gasteiger partial charge in [-0.3, -0.25) is 9.48 Å². The average Bonchev–Trinajstić information content (AvgIpc) is 3.28. The molecule has 1 aliphatic carbocycles. The lowest BCUT2D eigenvalue weighted by Gasteiger charge is -2.24. The molecular formula is C19H18ClN3OS. The zero-order valence-corrected chi connectivity index (χ0v) is 15.2. The van der Waals surface area contributed by atoms with Crippen molar-refractivity contribution in [1.82, 2.24) is 15.1 Å². The van der Waals surface area contributed by atoms with Crippen LogP contribution in [0.15, 0.2) is 48.0 Å². The second-order valence-electron chi connectivity index (χ2n) is 6.23. The molecule has 0 saturated carbocycles. The molecule has 4 nitrogen and oxygen atoms in total. The summed E-state index contributed by atoms with van der Waals surface area (Å²) in [4.78, 5) is 13.1. The summed E-state index contributed by atoms with van der Waals surface area (Å²) < 4.78 is 2.04. The highest BCUT2D eigenvalue weighted by molar-refractivity contribution is 7.12. The Morgan fingerprint density at radius 3 is 2.92 bits per heavy atom. The standard InChI is InChI=1S/C19H18ClN3OS/c20-14-8-6-13(7-9-14)12-23-17-4-1-3-16(15(17)11-21-23)22-19(24)18-5-2-10-25-18/h2,5-11,16H,1,3-4,12H2,(H,22,24). The lowest BCUT2D eigenvalue weighted by atomic mass is 9.93. The maximum atomic E-state index is 12.4. The lowest BCUT2D eigenvalue weighted by molar-refractivity contribution is 0.0937. The van der Waals surface area contributed by atoms with Crippen LogP contribution in [-0.4, -0.2) is 15.7 Å². The van der Waals surface area contributed by atoms with Gasteiger partial charge in [0.15, 0.2) is 0 Å². The van der Waals surface area contributed by atoms with Gasteiger partial charge in [-0.2, -0.15) is 5.10 Å². The molecule has 4 rings (SSSR count). The third-order valence-electron chi connectivity index (χ3n) is 4.56. The van der Waals surface area contributed by atoms with Crippen LogP contribution >= 0.6 is 22.9 Å². The Labute approximate surface area is 155 Å². The lowest BCUT2D eigenvalue weighted by Crippen LogP contribution is -2.30. The second kappa shape index (κ2) is 7.02. The molecule has 25 heavy (non-hydrogen) atoms. The van der Waals surface area contributed by atoms with Crippen molar-refractivity contribution in [3.63, 3.8) is 0 Å². The van der Waals surface area contributed by atoms with Gasteiger partial charge in [0.1, 0.15) is 0 Å². The van der Waals surface area contributed by atoms with Crippen molar-refractivity contribution in [2.45, 2.75) is 31.8 Å². The smallest absolute Gasteiger partial charge is 0.261 e. The Hall–Kier alpha value is -2.11. The van der Waals surface area contributed by atoms with Crippen molar-refractivity contribution in [3.05, 3.63) is 74.7 Å². The average molecular weight is 372 g/mol. The summed E-state index contributed by atoms with van der Waals surface area (Å²) in [5.41, 5.74) is 3.53. The molecule has 1 atom stereocenters. The number of halogens is 1. The van der Waals surface area contributed by atoms with Gasteiger partial charge >= 0.3 is 0 Å². The highest BCUT2D eigenvalue weighted by Gasteiger charge is 2.26. The first-order valence-electron chi connectivity index (χ1n) is 8.34. The third-order valence-corrected chi connectivity index (χ3v) is 5.68. The monoisotopic (exact) mass is 371 g/mol. The number of nitrogens with zero attached hydrogens (tertiary/aromatic N) is 2. The molecule has 0 spiro atoms. The van der Waals surface area contributed by atoms with E-state index >= 15 is 0 Å². The van der Waals surface area contributed by atoms with Crippen molar-refractivity contribution in [2.24, 2.45) is 0 Å². The summed E-state index contributed by atoms with van der Waals surface area (Å²) in [6.45, 7) is 0.720. The van der Waals surface area contributed by atoms with Crippen LogP contribution in [0.4, 0.5) is 0 Å². The van der Waals surface area contributed by atoms with E-state index in [-0.39, 0.29) is 11.9 Å². The highest BCUT2D eigenvalue weighted by atomic mass is 35.5. The van der Waals surface area contributed by atoms with Crippen LogP contribution in [0.3, 0.4) is 0 Å². The molecular weight excluding hydrogens is 354 g/mol. The van der Waals surface area contributed by atoms with E-state index in [1.807, 2.05) is 52.7 Å². The van der Waals surface area contributed by atoms with E-state index in [1.54, 1.807) is 0 Å². The third kappa shape index (κ3) is 3.48. The fourth-order valence-electron chi connectivity index (χ4n) is 3.30. The number of carbonyl (C=O) groups excluding carboxylic acids is 1. The van der Waals surface area contributed by atoms with Crippen LogP contribution in [0.5, 0.6) is 0 Å². The molecule has 1 amide bonds. The zero-order chi connectivity index (χ0) is 17.2. The molecule has 2 heterocycles. The predicted octanol–water partition coefficient (Wildman–Crippen LogP) is 4.45. The first-order chi connectivity index (χ1) is 12.2. The maximum Gasteiger partial charge on any atom is 0.261 e. The van der Waals surface area contributed by atoms with E-state index in [2.05, 4.69) is 10.4 Å². The Morgan fingerprint density at radius 1 is 1.32 bits per heavy atom. The van der Waals surface area contributed by atoms with Crippen molar-refractivity contribution in [3.8, 4) is 0 Å². The van der Waals surface area contributed by atoms with Gasteiger partial charge in [0.25, 0.3) is 5.91 Å². The molecule has 2 aromatic heterocycles. The van der Waals surface area contributed by atoms with E-state index in [9.17, 15) is 4.79 Å². The van der Waals surface area contributed by atoms with Gasteiger partial charge in [-0.05, 0) is 48.4 Å². The topological polar surface area (TPSA) is 46.9 Å². The molecule has 128 valence electrons. The largest absolute Gasteiger partial charge is 0.344 e. The van der Waals surface area contributed by atoms with Gasteiger partial charge < -0.3 is 5.32 Å². The fraction of sp³-hybridized carbons (Fsp3) is 0.263. The molecule has 1 unspecified atom stereocenters. The first-order valence-corrected chi connectivity index (χ1v) is 9.60. The number of hydrogen-bond donors (Lipinski definition) is 1. The van der Waals surface area contributed by atoms with Gasteiger partial charge in [0.05, 0.1) is 23.7 Å². The van der Waals surface area contributed by atoms with E-state index in [1.165, 1.54) is 22.6 Å². The van der Waals surface area contributed by atoms with E-state index in [0.29, 0.717) is 0 Å². The highest BCUT2D eigenvalue weighted by Crippen LogP contribution is 2.30. The quantitative estimate of drug-likeness (QED) is 0.736. The Morgan fingerprint density at radius 2 is 2.16 bits per heavy atom. The molecule has 0 saturated heterocycles. The maximum absolute atomic E-state index is 12.4. The molecule has 0 aliphatic heterocycles. The number of benzene rings is 1. The molecule has 1 aromatic carbocycles. The summed E-state index contributed by atoms with van der Waals surface area (Å²) in [5.74, 6) is -0.00157. The van der Waals surface area contributed by atoms with Crippen LogP contribution < -0.4 is 5.32 Å². The molecule has 1 N–H and O–H groups in total. The summed E-state index contributed by atoms with van der Waals surface area (Å²) >= 11 is 7.42. The van der Waals surface area contributed by atoms with Gasteiger partial charge in [-0.15, -0.1) is 11.3 Å². The number of nitrogens with one attached hydrogen (secondary N) is 1. The molecule has 0 fully saturated rings. The summed E-state index contributed by atoms with van der Waals surface area (Å²) in [6, 6.07) is 11.6. The van der Waals surface area contributed by atoms with Crippen LogP contribution in [0.25, 0.3) is 0 Å². The van der Waals surface area contributed by atoms with E-state index in [4.69, 9.17) is 11.6 Å². The number of rotatable bonds is 4. The van der Waals surface area contributed by atoms with Crippen molar-refractivity contribution >= 4 is 28.8 Å². The molecule has 1 aliphatic rings. The minimum atomic E-state index is -0.00157. The molecule has 0 bridgehead atoms. The zero-order valence-electron chi connectivity index (χ0n) is 13.6. The van der Waals surface area contributed by atoms with Crippen LogP contribution in [0.2, 0.25) is 5.02 Å². The van der Waals surface area contributed by atoms with Crippen LogP contribution in [0.1, 0.15) is 45.4 Å². The van der Waals surface area contributed by atoms with Crippen molar-refractivity contribution in [1.29, 1.82) is 0 Å². The van der Waals surface area contributed by atoms with Gasteiger partial charge in [0.2, 0.25) is 0 Å². The Kier molecular flexibility index (Phi) is 4.59. The SMILES string of the molecule is O=C(NC1CCCc2c1cnn2Cc1ccc(Cl)cc1)c1cccs1. The number of carbonyl (C=O) groups is 1. The number of amides is 1. The number of aromatic nitrogens is 2. The van der Waals surface area contributed by atoms with Crippen LogP contribution in [0, 0.1) is 0 Å². The number of thiophene rings is 1. The minimum Gasteiger partial charge on any atom is -0.344 e. The fourth-order valence-corrected chi connectivity index (χ4v) is 4.06. The Balaban J connectivity index is 1.53. The van der Waals surface area contributed by atoms with Crippen molar-refractivity contribution in [2.75, 3.05) is 0 Å². The predicted molar refractivity (Wildman–Crippen MR) is 100 cm³/mol. The second-order valence-corrected chi connectivity index (χ2v) is 7.61. The number of hydrogen-bond acceptors (Lipinski definition) is 3. The van der Waals surface area contributed by atoms with Gasteiger partial charge in [0, 0.05) is 16.3 Å². The summed E-state index contributed by atoms with van der Waals surface area (Å²) in [7, 11) is 0. The van der Waals surface area contributed by atoms with E-state index in [0.717, 1.165) is 41.3 Å². The first kappa shape index (κ1) is 16.4. The minimum absolute atomic E-state index is 0.00157. The molecule has 0 radical (unpaired) electrons.